The Morgan fingerprint density at radius 1 is 1.33 bits per heavy atom. The Morgan fingerprint density at radius 2 is 1.94 bits per heavy atom. The van der Waals surface area contributed by atoms with Crippen LogP contribution in [0.2, 0.25) is 0 Å². The van der Waals surface area contributed by atoms with Crippen LogP contribution in [0.1, 0.15) is 6.92 Å². The average Bonchev–Trinajstić information content (AvgIpc) is 2.38. The summed E-state index contributed by atoms with van der Waals surface area (Å²) in [6, 6.07) is 9.37. The van der Waals surface area contributed by atoms with Crippen LogP contribution in [0.15, 0.2) is 30.3 Å². The smallest absolute Gasteiger partial charge is 0.307 e. The first-order valence-electron chi connectivity index (χ1n) is 5.64. The van der Waals surface area contributed by atoms with E-state index in [-0.39, 0.29) is 5.91 Å². The summed E-state index contributed by atoms with van der Waals surface area (Å²) in [5.74, 6) is -0.535. The highest BCUT2D eigenvalue weighted by Crippen LogP contribution is 2.14. The zero-order valence-corrected chi connectivity index (χ0v) is 11.3. The standard InChI is InChI=1S/C13H17NO3S/c1-10(13(16)17)8-18-9-12(15)14(2)11-6-4-3-5-7-11/h3-7,10H,8-9H2,1-2H3,(H,16,17). The summed E-state index contributed by atoms with van der Waals surface area (Å²) in [7, 11) is 1.72. The molecule has 0 saturated carbocycles. The predicted octanol–water partition coefficient (Wildman–Crippen LogP) is 2.10. The Bertz CT molecular complexity index is 408. The minimum Gasteiger partial charge on any atom is -0.481 e. The minimum absolute atomic E-state index is 0.0243. The number of thioether (sulfide) groups is 1. The summed E-state index contributed by atoms with van der Waals surface area (Å²) in [6.07, 6.45) is 0. The molecule has 0 aliphatic carbocycles. The van der Waals surface area contributed by atoms with Gasteiger partial charge in [-0.2, -0.15) is 11.8 Å². The highest BCUT2D eigenvalue weighted by molar-refractivity contribution is 8.00. The number of hydrogen-bond donors (Lipinski definition) is 1. The maximum Gasteiger partial charge on any atom is 0.307 e. The van der Waals surface area contributed by atoms with E-state index in [9.17, 15) is 9.59 Å². The van der Waals surface area contributed by atoms with Crippen LogP contribution in [-0.2, 0) is 9.59 Å². The van der Waals surface area contributed by atoms with Gasteiger partial charge in [-0.1, -0.05) is 25.1 Å². The van der Waals surface area contributed by atoms with Crippen molar-refractivity contribution in [2.24, 2.45) is 5.92 Å². The third kappa shape index (κ3) is 4.41. The second-order valence-electron chi connectivity index (χ2n) is 4.04. The third-order valence-corrected chi connectivity index (χ3v) is 3.72. The molecule has 0 saturated heterocycles. The molecule has 1 N–H and O–H groups in total. The van der Waals surface area contributed by atoms with E-state index in [0.717, 1.165) is 5.69 Å². The van der Waals surface area contributed by atoms with Crippen LogP contribution in [0, 0.1) is 5.92 Å². The van der Waals surface area contributed by atoms with Crippen molar-refractivity contribution in [2.45, 2.75) is 6.92 Å². The number of para-hydroxylation sites is 1. The summed E-state index contributed by atoms with van der Waals surface area (Å²) < 4.78 is 0. The normalized spacial score (nSPS) is 11.9. The number of anilines is 1. The lowest BCUT2D eigenvalue weighted by molar-refractivity contribution is -0.140. The van der Waals surface area contributed by atoms with Crippen LogP contribution in [0.25, 0.3) is 0 Å². The number of carboxylic acids is 1. The highest BCUT2D eigenvalue weighted by Gasteiger charge is 2.14. The molecule has 1 aromatic carbocycles. The number of benzene rings is 1. The first-order valence-corrected chi connectivity index (χ1v) is 6.80. The van der Waals surface area contributed by atoms with Crippen molar-refractivity contribution >= 4 is 29.3 Å². The molecule has 0 aliphatic heterocycles. The van der Waals surface area contributed by atoms with E-state index in [1.54, 1.807) is 18.9 Å². The van der Waals surface area contributed by atoms with Crippen LogP contribution < -0.4 is 4.90 Å². The maximum atomic E-state index is 11.9. The molecule has 1 atom stereocenters. The monoisotopic (exact) mass is 267 g/mol. The molecule has 0 aliphatic rings. The van der Waals surface area contributed by atoms with Gasteiger partial charge >= 0.3 is 5.97 Å². The zero-order valence-electron chi connectivity index (χ0n) is 10.5. The first-order chi connectivity index (χ1) is 8.52. The number of aliphatic carboxylic acids is 1. The minimum atomic E-state index is -0.827. The second kappa shape index (κ2) is 7.06. The Labute approximate surface area is 111 Å². The quantitative estimate of drug-likeness (QED) is 0.857. The van der Waals surface area contributed by atoms with Crippen LogP contribution in [-0.4, -0.2) is 35.5 Å². The van der Waals surface area contributed by atoms with Gasteiger partial charge in [-0.15, -0.1) is 0 Å². The lowest BCUT2D eigenvalue weighted by Gasteiger charge is -2.17. The van der Waals surface area contributed by atoms with Crippen molar-refractivity contribution in [3.63, 3.8) is 0 Å². The van der Waals surface area contributed by atoms with Gasteiger partial charge in [0, 0.05) is 18.5 Å². The van der Waals surface area contributed by atoms with Crippen LogP contribution >= 0.6 is 11.8 Å². The van der Waals surface area contributed by atoms with Crippen molar-refractivity contribution in [1.29, 1.82) is 0 Å². The van der Waals surface area contributed by atoms with Crippen molar-refractivity contribution in [1.82, 2.24) is 0 Å². The van der Waals surface area contributed by atoms with Gasteiger partial charge in [0.1, 0.15) is 0 Å². The molecule has 0 spiro atoms. The van der Waals surface area contributed by atoms with E-state index >= 15 is 0 Å². The van der Waals surface area contributed by atoms with Crippen molar-refractivity contribution in [3.05, 3.63) is 30.3 Å². The molecule has 0 radical (unpaired) electrons. The summed E-state index contributed by atoms with van der Waals surface area (Å²) >= 11 is 1.35. The Morgan fingerprint density at radius 3 is 2.50 bits per heavy atom. The Hall–Kier alpha value is -1.49. The number of amides is 1. The van der Waals surface area contributed by atoms with Crippen molar-refractivity contribution in [2.75, 3.05) is 23.5 Å². The molecule has 5 heteroatoms. The number of hydrogen-bond acceptors (Lipinski definition) is 3. The summed E-state index contributed by atoms with van der Waals surface area (Å²) in [5.41, 5.74) is 0.842. The van der Waals surface area contributed by atoms with Crippen LogP contribution in [0.5, 0.6) is 0 Å². The van der Waals surface area contributed by atoms with Gasteiger partial charge in [0.2, 0.25) is 5.91 Å². The van der Waals surface area contributed by atoms with Crippen molar-refractivity contribution < 1.29 is 14.7 Å². The first kappa shape index (κ1) is 14.6. The fraction of sp³-hybridized carbons (Fsp3) is 0.385. The summed E-state index contributed by atoms with van der Waals surface area (Å²) in [6.45, 7) is 1.64. The fourth-order valence-corrected chi connectivity index (χ4v) is 2.27. The van der Waals surface area contributed by atoms with Gasteiger partial charge in [0.15, 0.2) is 0 Å². The lowest BCUT2D eigenvalue weighted by atomic mass is 10.2. The largest absolute Gasteiger partial charge is 0.481 e. The molecular weight excluding hydrogens is 250 g/mol. The molecular formula is C13H17NO3S. The van der Waals surface area contributed by atoms with Crippen molar-refractivity contribution in [3.8, 4) is 0 Å². The maximum absolute atomic E-state index is 11.9. The van der Waals surface area contributed by atoms with Crippen LogP contribution in [0.4, 0.5) is 5.69 Å². The van der Waals surface area contributed by atoms with E-state index in [1.165, 1.54) is 11.8 Å². The summed E-state index contributed by atoms with van der Waals surface area (Å²) in [5, 5.41) is 8.73. The number of carbonyl (C=O) groups excluding carboxylic acids is 1. The van der Waals surface area contributed by atoms with E-state index < -0.39 is 11.9 Å². The predicted molar refractivity (Wildman–Crippen MR) is 74.0 cm³/mol. The molecule has 4 nitrogen and oxygen atoms in total. The molecule has 0 bridgehead atoms. The number of carbonyl (C=O) groups is 2. The van der Waals surface area contributed by atoms with Gasteiger partial charge in [0.05, 0.1) is 11.7 Å². The van der Waals surface area contributed by atoms with Gasteiger partial charge in [-0.3, -0.25) is 9.59 Å². The van der Waals surface area contributed by atoms with E-state index in [4.69, 9.17) is 5.11 Å². The molecule has 1 aromatic rings. The zero-order chi connectivity index (χ0) is 13.5. The molecule has 98 valence electrons. The molecule has 1 amide bonds. The second-order valence-corrected chi connectivity index (χ2v) is 5.07. The van der Waals surface area contributed by atoms with Crippen LogP contribution in [0.3, 0.4) is 0 Å². The molecule has 18 heavy (non-hydrogen) atoms. The molecule has 0 aromatic heterocycles. The Balaban J connectivity index is 2.40. The van der Waals surface area contributed by atoms with Gasteiger partial charge in [0.25, 0.3) is 0 Å². The number of nitrogens with zero attached hydrogens (tertiary/aromatic N) is 1. The highest BCUT2D eigenvalue weighted by atomic mass is 32.2. The third-order valence-electron chi connectivity index (χ3n) is 2.53. The molecule has 0 heterocycles. The van der Waals surface area contributed by atoms with Gasteiger partial charge < -0.3 is 10.0 Å². The van der Waals surface area contributed by atoms with E-state index in [0.29, 0.717) is 11.5 Å². The van der Waals surface area contributed by atoms with Gasteiger partial charge in [-0.25, -0.2) is 0 Å². The molecule has 1 unspecified atom stereocenters. The fourth-order valence-electron chi connectivity index (χ4n) is 1.29. The van der Waals surface area contributed by atoms with Gasteiger partial charge in [-0.05, 0) is 12.1 Å². The summed E-state index contributed by atoms with van der Waals surface area (Å²) in [4.78, 5) is 24.1. The average molecular weight is 267 g/mol. The topological polar surface area (TPSA) is 57.6 Å². The molecule has 0 fully saturated rings. The number of carboxylic acid groups (broad SMARTS) is 1. The van der Waals surface area contributed by atoms with E-state index in [1.807, 2.05) is 30.3 Å². The Kier molecular flexibility index (Phi) is 5.71. The SMILES string of the molecule is CC(CSCC(=O)N(C)c1ccccc1)C(=O)O. The van der Waals surface area contributed by atoms with E-state index in [2.05, 4.69) is 0 Å². The molecule has 1 rings (SSSR count). The lowest BCUT2D eigenvalue weighted by Crippen LogP contribution is -2.28. The number of rotatable bonds is 6.